The third-order valence-electron chi connectivity index (χ3n) is 4.69. The van der Waals surface area contributed by atoms with Crippen LogP contribution in [0.15, 0.2) is 18.2 Å². The van der Waals surface area contributed by atoms with Crippen LogP contribution in [0.25, 0.3) is 10.9 Å². The predicted octanol–water partition coefficient (Wildman–Crippen LogP) is 1.77. The molecule has 128 valence electrons. The fraction of sp³-hybridized carbons (Fsp3) is 0.500. The number of aliphatic hydroxyl groups is 1. The first-order valence-electron chi connectivity index (χ1n) is 8.27. The third-order valence-corrected chi connectivity index (χ3v) is 4.69. The molecule has 24 heavy (non-hydrogen) atoms. The molecule has 2 aliphatic rings. The van der Waals surface area contributed by atoms with Gasteiger partial charge in [0.1, 0.15) is 0 Å². The minimum absolute atomic E-state index is 0.256. The summed E-state index contributed by atoms with van der Waals surface area (Å²) in [6.07, 6.45) is 0.762. The lowest BCUT2D eigenvalue weighted by Crippen LogP contribution is -2.42. The Balaban J connectivity index is 1.74. The van der Waals surface area contributed by atoms with Gasteiger partial charge in [0.2, 0.25) is 6.79 Å². The van der Waals surface area contributed by atoms with Gasteiger partial charge in [0, 0.05) is 42.5 Å². The summed E-state index contributed by atoms with van der Waals surface area (Å²) >= 11 is 0. The van der Waals surface area contributed by atoms with E-state index in [-0.39, 0.29) is 6.79 Å². The van der Waals surface area contributed by atoms with Crippen LogP contribution >= 0.6 is 0 Å². The van der Waals surface area contributed by atoms with Crippen molar-refractivity contribution in [1.82, 2.24) is 9.88 Å². The first kappa shape index (κ1) is 15.5. The zero-order chi connectivity index (χ0) is 16.9. The van der Waals surface area contributed by atoms with Gasteiger partial charge < -0.3 is 24.4 Å². The Bertz CT molecular complexity index is 793. The molecule has 1 aromatic heterocycles. The number of hydrogen-bond acceptors (Lipinski definition) is 6. The van der Waals surface area contributed by atoms with Gasteiger partial charge in [-0.15, -0.1) is 0 Å². The van der Waals surface area contributed by atoms with Gasteiger partial charge in [-0.2, -0.15) is 0 Å². The molecule has 2 aliphatic heterocycles. The number of anilines is 1. The van der Waals surface area contributed by atoms with Crippen molar-refractivity contribution < 1.29 is 14.6 Å². The lowest BCUT2D eigenvalue weighted by molar-refractivity contribution is 0.0366. The quantitative estimate of drug-likeness (QED) is 0.926. The van der Waals surface area contributed by atoms with Crippen molar-refractivity contribution in [3.63, 3.8) is 0 Å². The zero-order valence-corrected chi connectivity index (χ0v) is 14.4. The molecule has 0 amide bonds. The minimum Gasteiger partial charge on any atom is -0.454 e. The summed E-state index contributed by atoms with van der Waals surface area (Å²) in [5.74, 6) is 1.51. The number of ether oxygens (including phenoxy) is 2. The molecule has 0 spiro atoms. The van der Waals surface area contributed by atoms with E-state index < -0.39 is 5.60 Å². The van der Waals surface area contributed by atoms with Crippen molar-refractivity contribution in [2.45, 2.75) is 18.9 Å². The average molecular weight is 329 g/mol. The molecule has 6 nitrogen and oxygen atoms in total. The van der Waals surface area contributed by atoms with Crippen LogP contribution in [0.1, 0.15) is 12.1 Å². The Hall–Kier alpha value is -2.05. The average Bonchev–Trinajstić information content (AvgIpc) is 3.09. The molecule has 0 radical (unpaired) electrons. The van der Waals surface area contributed by atoms with Crippen LogP contribution in [0, 0.1) is 6.92 Å². The van der Waals surface area contributed by atoms with Crippen LogP contribution in [0.5, 0.6) is 11.5 Å². The number of aryl methyl sites for hydroxylation is 1. The van der Waals surface area contributed by atoms with E-state index in [9.17, 15) is 5.11 Å². The molecule has 1 aromatic carbocycles. The van der Waals surface area contributed by atoms with Gasteiger partial charge in [-0.1, -0.05) is 0 Å². The smallest absolute Gasteiger partial charge is 0.231 e. The lowest BCUT2D eigenvalue weighted by atomic mass is 10.0. The van der Waals surface area contributed by atoms with Crippen LogP contribution in [0.2, 0.25) is 0 Å². The SMILES string of the molecule is Cc1cc(N2CC[C@](O)(CN(C)C)C2)c2cc3c(cc2n1)OCO3. The number of fused-ring (bicyclic) bond motifs is 2. The zero-order valence-electron chi connectivity index (χ0n) is 14.4. The van der Waals surface area contributed by atoms with Crippen LogP contribution < -0.4 is 14.4 Å². The Kier molecular flexibility index (Phi) is 3.54. The van der Waals surface area contributed by atoms with Gasteiger partial charge in [0.25, 0.3) is 0 Å². The molecule has 1 saturated heterocycles. The maximum Gasteiger partial charge on any atom is 0.231 e. The number of hydrogen-bond donors (Lipinski definition) is 1. The van der Waals surface area contributed by atoms with E-state index in [1.54, 1.807) is 0 Å². The predicted molar refractivity (Wildman–Crippen MR) is 92.9 cm³/mol. The van der Waals surface area contributed by atoms with E-state index in [1.807, 2.05) is 38.1 Å². The summed E-state index contributed by atoms with van der Waals surface area (Å²) in [4.78, 5) is 8.93. The minimum atomic E-state index is -0.677. The Morgan fingerprint density at radius 1 is 1.25 bits per heavy atom. The topological polar surface area (TPSA) is 58.1 Å². The van der Waals surface area contributed by atoms with Crippen molar-refractivity contribution in [1.29, 1.82) is 0 Å². The van der Waals surface area contributed by atoms with Gasteiger partial charge in [0.15, 0.2) is 11.5 Å². The molecular weight excluding hydrogens is 306 g/mol. The molecule has 1 N–H and O–H groups in total. The first-order valence-corrected chi connectivity index (χ1v) is 8.27. The van der Waals surface area contributed by atoms with Crippen LogP contribution in [0.4, 0.5) is 5.69 Å². The van der Waals surface area contributed by atoms with E-state index in [1.165, 1.54) is 0 Å². The van der Waals surface area contributed by atoms with Gasteiger partial charge in [0.05, 0.1) is 11.1 Å². The molecule has 0 aliphatic carbocycles. The molecule has 6 heteroatoms. The molecule has 1 fully saturated rings. The second kappa shape index (κ2) is 5.50. The normalized spacial score (nSPS) is 22.8. The highest BCUT2D eigenvalue weighted by molar-refractivity contribution is 5.94. The molecular formula is C18H23N3O3. The van der Waals surface area contributed by atoms with E-state index in [0.717, 1.165) is 46.7 Å². The summed E-state index contributed by atoms with van der Waals surface area (Å²) in [7, 11) is 3.99. The van der Waals surface area contributed by atoms with Gasteiger partial charge in [-0.3, -0.25) is 4.98 Å². The highest BCUT2D eigenvalue weighted by Gasteiger charge is 2.37. The summed E-state index contributed by atoms with van der Waals surface area (Å²) in [6, 6.07) is 6.03. The van der Waals surface area contributed by atoms with Gasteiger partial charge >= 0.3 is 0 Å². The number of rotatable bonds is 3. The lowest BCUT2D eigenvalue weighted by Gasteiger charge is -2.28. The second-order valence-corrected chi connectivity index (χ2v) is 7.14. The van der Waals surface area contributed by atoms with E-state index in [0.29, 0.717) is 13.1 Å². The maximum absolute atomic E-state index is 10.8. The number of pyridine rings is 1. The maximum atomic E-state index is 10.8. The molecule has 0 saturated carbocycles. The van der Waals surface area contributed by atoms with Gasteiger partial charge in [-0.05, 0) is 39.6 Å². The van der Waals surface area contributed by atoms with Crippen LogP contribution in [0.3, 0.4) is 0 Å². The summed E-state index contributed by atoms with van der Waals surface area (Å²) in [5.41, 5.74) is 2.28. The van der Waals surface area contributed by atoms with Crippen LogP contribution in [-0.4, -0.2) is 61.1 Å². The number of likely N-dealkylation sites (N-methyl/N-ethyl adjacent to an activating group) is 1. The molecule has 0 bridgehead atoms. The van der Waals surface area contributed by atoms with Gasteiger partial charge in [-0.25, -0.2) is 0 Å². The van der Waals surface area contributed by atoms with Crippen molar-refractivity contribution in [2.75, 3.05) is 45.4 Å². The second-order valence-electron chi connectivity index (χ2n) is 7.14. The molecule has 3 heterocycles. The number of aromatic nitrogens is 1. The fourth-order valence-electron chi connectivity index (χ4n) is 3.77. The van der Waals surface area contributed by atoms with Crippen molar-refractivity contribution in [3.05, 3.63) is 23.9 Å². The standard InChI is InChI=1S/C18H23N3O3/c1-12-6-15(21-5-4-18(22,10-21)9-20(2)3)13-7-16-17(24-11-23-16)8-14(13)19-12/h6-8,22H,4-5,9-11H2,1-3H3/t18-/m0/s1. The highest BCUT2D eigenvalue weighted by atomic mass is 16.7. The molecule has 1 atom stereocenters. The fourth-order valence-corrected chi connectivity index (χ4v) is 3.77. The molecule has 0 unspecified atom stereocenters. The first-order chi connectivity index (χ1) is 11.4. The monoisotopic (exact) mass is 329 g/mol. The summed E-state index contributed by atoms with van der Waals surface area (Å²) in [5, 5.41) is 11.9. The Morgan fingerprint density at radius 2 is 2.00 bits per heavy atom. The molecule has 2 aromatic rings. The highest BCUT2D eigenvalue weighted by Crippen LogP contribution is 2.40. The summed E-state index contributed by atoms with van der Waals surface area (Å²) < 4.78 is 11.0. The number of β-amino-alcohol motifs (C(OH)–C–C–N with tert-alkyl or cyclic N) is 1. The molecule has 4 rings (SSSR count). The Labute approximate surface area is 141 Å². The van der Waals surface area contributed by atoms with Crippen molar-refractivity contribution in [3.8, 4) is 11.5 Å². The van der Waals surface area contributed by atoms with E-state index in [2.05, 4.69) is 16.0 Å². The van der Waals surface area contributed by atoms with Crippen LogP contribution in [-0.2, 0) is 0 Å². The third kappa shape index (κ3) is 2.65. The van der Waals surface area contributed by atoms with Crippen molar-refractivity contribution >= 4 is 16.6 Å². The number of nitrogens with zero attached hydrogens (tertiary/aromatic N) is 3. The van der Waals surface area contributed by atoms with E-state index >= 15 is 0 Å². The van der Waals surface area contributed by atoms with E-state index in [4.69, 9.17) is 9.47 Å². The number of benzene rings is 1. The Morgan fingerprint density at radius 3 is 2.75 bits per heavy atom. The van der Waals surface area contributed by atoms with Crippen molar-refractivity contribution in [2.24, 2.45) is 0 Å². The summed E-state index contributed by atoms with van der Waals surface area (Å²) in [6.45, 7) is 4.37. The largest absolute Gasteiger partial charge is 0.454 e.